The first-order chi connectivity index (χ1) is 15.1. The number of ether oxygens (including phenoxy) is 1. The van der Waals surface area contributed by atoms with Gasteiger partial charge in [-0.2, -0.15) is 0 Å². The molecule has 1 aromatic carbocycles. The number of carbonyl (C=O) groups excluding carboxylic acids is 2. The van der Waals surface area contributed by atoms with Crippen molar-refractivity contribution in [2.24, 2.45) is 0 Å². The number of halogens is 1. The van der Waals surface area contributed by atoms with Crippen molar-refractivity contribution < 1.29 is 28.0 Å². The standard InChI is InChI=1S/C24H36BFN2O5/c1-22(2,3)31-21(30)27(8)17-10-9-13-28(15-17)20(29)18-12-11-16(14-19(18)26)25-32-23(4,5)24(6,7)33-25/h11-12,14,17H,9-10,13,15H2,1-8H3/t17-/m0/s1. The minimum Gasteiger partial charge on any atom is -0.444 e. The van der Waals surface area contributed by atoms with Crippen LogP contribution in [0.4, 0.5) is 9.18 Å². The summed E-state index contributed by atoms with van der Waals surface area (Å²) in [5.41, 5.74) is -1.14. The Morgan fingerprint density at radius 1 is 1.18 bits per heavy atom. The molecule has 2 aliphatic rings. The van der Waals surface area contributed by atoms with Crippen LogP contribution in [0.1, 0.15) is 71.7 Å². The molecule has 1 atom stereocenters. The van der Waals surface area contributed by atoms with E-state index in [1.165, 1.54) is 17.0 Å². The van der Waals surface area contributed by atoms with Crippen LogP contribution in [0, 0.1) is 5.82 Å². The summed E-state index contributed by atoms with van der Waals surface area (Å²) in [6.45, 7) is 14.0. The molecule has 0 aliphatic carbocycles. The Labute approximate surface area is 196 Å². The maximum absolute atomic E-state index is 15.0. The van der Waals surface area contributed by atoms with E-state index >= 15 is 4.39 Å². The van der Waals surface area contributed by atoms with Crippen LogP contribution in [0.5, 0.6) is 0 Å². The molecule has 2 aliphatic heterocycles. The molecule has 7 nitrogen and oxygen atoms in total. The molecule has 33 heavy (non-hydrogen) atoms. The first-order valence-corrected chi connectivity index (χ1v) is 11.5. The summed E-state index contributed by atoms with van der Waals surface area (Å²) in [6, 6.07) is 4.28. The molecule has 0 N–H and O–H groups in total. The summed E-state index contributed by atoms with van der Waals surface area (Å²) in [7, 11) is 0.975. The van der Waals surface area contributed by atoms with Gasteiger partial charge in [-0.3, -0.25) is 4.79 Å². The highest BCUT2D eigenvalue weighted by molar-refractivity contribution is 6.62. The molecular weight excluding hydrogens is 426 g/mol. The number of hydrogen-bond acceptors (Lipinski definition) is 5. The monoisotopic (exact) mass is 462 g/mol. The quantitative estimate of drug-likeness (QED) is 0.643. The van der Waals surface area contributed by atoms with Crippen molar-refractivity contribution in [1.29, 1.82) is 0 Å². The van der Waals surface area contributed by atoms with Gasteiger partial charge in [0.15, 0.2) is 0 Å². The van der Waals surface area contributed by atoms with Gasteiger partial charge in [-0.25, -0.2) is 9.18 Å². The van der Waals surface area contributed by atoms with Crippen molar-refractivity contribution in [3.8, 4) is 0 Å². The van der Waals surface area contributed by atoms with E-state index in [-0.39, 0.29) is 11.6 Å². The number of benzene rings is 1. The summed E-state index contributed by atoms with van der Waals surface area (Å²) in [5, 5.41) is 0. The lowest BCUT2D eigenvalue weighted by atomic mass is 9.78. The second kappa shape index (κ2) is 8.91. The lowest BCUT2D eigenvalue weighted by molar-refractivity contribution is 0.00578. The molecule has 0 bridgehead atoms. The van der Waals surface area contributed by atoms with E-state index in [2.05, 4.69) is 0 Å². The first-order valence-electron chi connectivity index (χ1n) is 11.5. The van der Waals surface area contributed by atoms with Crippen LogP contribution in [0.25, 0.3) is 0 Å². The van der Waals surface area contributed by atoms with E-state index in [4.69, 9.17) is 14.0 Å². The van der Waals surface area contributed by atoms with Crippen LogP contribution in [0.3, 0.4) is 0 Å². The molecule has 182 valence electrons. The van der Waals surface area contributed by atoms with Crippen molar-refractivity contribution in [3.05, 3.63) is 29.6 Å². The average Bonchev–Trinajstić information content (AvgIpc) is 2.92. The van der Waals surface area contributed by atoms with Crippen molar-refractivity contribution in [2.75, 3.05) is 20.1 Å². The maximum atomic E-state index is 15.0. The smallest absolute Gasteiger partial charge is 0.444 e. The number of nitrogens with zero attached hydrogens (tertiary/aromatic N) is 2. The van der Waals surface area contributed by atoms with Gasteiger partial charge in [0.05, 0.1) is 22.8 Å². The fraction of sp³-hybridized carbons (Fsp3) is 0.667. The fourth-order valence-electron chi connectivity index (χ4n) is 3.94. The number of rotatable bonds is 3. The average molecular weight is 462 g/mol. The minimum absolute atomic E-state index is 0.00385. The maximum Gasteiger partial charge on any atom is 0.494 e. The molecule has 3 rings (SSSR count). The number of carbonyl (C=O) groups is 2. The zero-order valence-corrected chi connectivity index (χ0v) is 21.0. The minimum atomic E-state index is -0.699. The molecule has 1 aromatic rings. The van der Waals surface area contributed by atoms with Crippen LogP contribution in [0.2, 0.25) is 0 Å². The highest BCUT2D eigenvalue weighted by Crippen LogP contribution is 2.36. The van der Waals surface area contributed by atoms with Gasteiger partial charge < -0.3 is 23.8 Å². The van der Waals surface area contributed by atoms with E-state index < -0.39 is 41.7 Å². The summed E-state index contributed by atoms with van der Waals surface area (Å²) >= 11 is 0. The van der Waals surface area contributed by atoms with E-state index in [1.807, 2.05) is 48.5 Å². The van der Waals surface area contributed by atoms with Gasteiger partial charge in [0, 0.05) is 20.1 Å². The van der Waals surface area contributed by atoms with Gasteiger partial charge in [0.1, 0.15) is 11.4 Å². The molecule has 2 amide bonds. The molecular formula is C24H36BFN2O5. The lowest BCUT2D eigenvalue weighted by Crippen LogP contribution is -2.51. The lowest BCUT2D eigenvalue weighted by Gasteiger charge is -2.38. The highest BCUT2D eigenvalue weighted by Gasteiger charge is 2.51. The third-order valence-electron chi connectivity index (χ3n) is 6.66. The topological polar surface area (TPSA) is 68.3 Å². The number of hydrogen-bond donors (Lipinski definition) is 0. The summed E-state index contributed by atoms with van der Waals surface area (Å²) < 4.78 is 32.4. The fourth-order valence-corrected chi connectivity index (χ4v) is 3.94. The Balaban J connectivity index is 1.70. The predicted molar refractivity (Wildman–Crippen MR) is 125 cm³/mol. The summed E-state index contributed by atoms with van der Waals surface area (Å²) in [4.78, 5) is 28.7. The Morgan fingerprint density at radius 2 is 1.79 bits per heavy atom. The zero-order valence-electron chi connectivity index (χ0n) is 21.0. The van der Waals surface area contributed by atoms with Crippen molar-refractivity contribution in [2.45, 2.75) is 84.2 Å². The van der Waals surface area contributed by atoms with E-state index in [9.17, 15) is 9.59 Å². The molecule has 9 heteroatoms. The van der Waals surface area contributed by atoms with E-state index in [1.54, 1.807) is 18.0 Å². The zero-order chi connectivity index (χ0) is 24.8. The molecule has 2 heterocycles. The largest absolute Gasteiger partial charge is 0.494 e. The van der Waals surface area contributed by atoms with Gasteiger partial charge in [0.2, 0.25) is 0 Å². The Kier molecular flexibility index (Phi) is 6.88. The molecule has 2 fully saturated rings. The number of likely N-dealkylation sites (tertiary alicyclic amines) is 1. The second-order valence-electron chi connectivity index (χ2n) is 11.0. The second-order valence-corrected chi connectivity index (χ2v) is 11.0. The van der Waals surface area contributed by atoms with Gasteiger partial charge >= 0.3 is 13.2 Å². The highest BCUT2D eigenvalue weighted by atomic mass is 19.1. The normalized spacial score (nSPS) is 22.3. The molecule has 0 unspecified atom stereocenters. The van der Waals surface area contributed by atoms with Crippen LogP contribution in [0.15, 0.2) is 18.2 Å². The number of amides is 2. The Hall–Kier alpha value is -2.13. The molecule has 0 aromatic heterocycles. The van der Waals surface area contributed by atoms with Crippen LogP contribution < -0.4 is 5.46 Å². The van der Waals surface area contributed by atoms with Crippen molar-refractivity contribution in [1.82, 2.24) is 9.80 Å². The van der Waals surface area contributed by atoms with Crippen LogP contribution >= 0.6 is 0 Å². The Morgan fingerprint density at radius 3 is 2.33 bits per heavy atom. The predicted octanol–water partition coefficient (Wildman–Crippen LogP) is 3.60. The van der Waals surface area contributed by atoms with Gasteiger partial charge in [-0.05, 0) is 78.9 Å². The molecule has 0 radical (unpaired) electrons. The van der Waals surface area contributed by atoms with E-state index in [0.717, 1.165) is 12.8 Å². The molecule has 0 spiro atoms. The van der Waals surface area contributed by atoms with Gasteiger partial charge in [0.25, 0.3) is 5.91 Å². The number of likely N-dealkylation sites (N-methyl/N-ethyl adjacent to an activating group) is 1. The van der Waals surface area contributed by atoms with Crippen LogP contribution in [-0.4, -0.2) is 71.9 Å². The van der Waals surface area contributed by atoms with E-state index in [0.29, 0.717) is 18.6 Å². The third kappa shape index (κ3) is 5.52. The van der Waals surface area contributed by atoms with Crippen LogP contribution in [-0.2, 0) is 14.0 Å². The summed E-state index contributed by atoms with van der Waals surface area (Å²) in [6.07, 6.45) is 1.04. The molecule has 0 saturated carbocycles. The van der Waals surface area contributed by atoms with Crippen molar-refractivity contribution >= 4 is 24.6 Å². The van der Waals surface area contributed by atoms with Gasteiger partial charge in [-0.15, -0.1) is 0 Å². The SMILES string of the molecule is CN(C(=O)OC(C)(C)C)[C@H]1CCCN(C(=O)c2ccc(B3OC(C)(C)C(C)(C)O3)cc2F)C1. The Bertz CT molecular complexity index is 899. The van der Waals surface area contributed by atoms with Gasteiger partial charge in [-0.1, -0.05) is 6.07 Å². The molecule has 2 saturated heterocycles. The number of piperidine rings is 1. The first kappa shape index (κ1) is 25.5. The summed E-state index contributed by atoms with van der Waals surface area (Å²) in [5.74, 6) is -1.01. The third-order valence-corrected chi connectivity index (χ3v) is 6.66. The van der Waals surface area contributed by atoms with Crippen molar-refractivity contribution in [3.63, 3.8) is 0 Å².